The Kier molecular flexibility index (Phi) is 5.44. The molecule has 1 saturated heterocycles. The van der Waals surface area contributed by atoms with Crippen LogP contribution in [0.25, 0.3) is 0 Å². The van der Waals surface area contributed by atoms with E-state index < -0.39 is 0 Å². The zero-order chi connectivity index (χ0) is 15.2. The van der Waals surface area contributed by atoms with Crippen LogP contribution in [-0.4, -0.2) is 33.2 Å². The summed E-state index contributed by atoms with van der Waals surface area (Å²) in [6, 6.07) is 5.66. The van der Waals surface area contributed by atoms with Gasteiger partial charge in [0, 0.05) is 6.54 Å². The van der Waals surface area contributed by atoms with Crippen molar-refractivity contribution in [1.82, 2.24) is 10.6 Å². The monoisotopic (exact) mass is 292 g/mol. The van der Waals surface area contributed by atoms with E-state index >= 15 is 0 Å². The summed E-state index contributed by atoms with van der Waals surface area (Å²) >= 11 is 0. The molecule has 0 bridgehead atoms. The molecular formula is C16H24N2O3. The standard InChI is InChI=1S/C16H24N2O3/c1-11(18-16(19)13-5-4-8-17-10-13)12-6-7-14(20-2)15(9-12)21-3/h6-7,9,11,13,17H,4-5,8,10H2,1-3H3,(H,18,19). The third-order valence-electron chi connectivity index (χ3n) is 3.93. The van der Waals surface area contributed by atoms with Gasteiger partial charge in [-0.15, -0.1) is 0 Å². The SMILES string of the molecule is COc1ccc(C(C)NC(=O)C2CCCNC2)cc1OC. The number of hydrogen-bond acceptors (Lipinski definition) is 4. The van der Waals surface area contributed by atoms with Gasteiger partial charge < -0.3 is 20.1 Å². The Hall–Kier alpha value is -1.75. The molecule has 0 aromatic heterocycles. The minimum absolute atomic E-state index is 0.0563. The number of piperidine rings is 1. The predicted octanol–water partition coefficient (Wildman–Crippen LogP) is 1.88. The summed E-state index contributed by atoms with van der Waals surface area (Å²) in [5.74, 6) is 1.55. The van der Waals surface area contributed by atoms with Crippen molar-refractivity contribution in [3.63, 3.8) is 0 Å². The number of amides is 1. The largest absolute Gasteiger partial charge is 0.493 e. The fourth-order valence-corrected chi connectivity index (χ4v) is 2.61. The van der Waals surface area contributed by atoms with E-state index in [0.29, 0.717) is 11.5 Å². The van der Waals surface area contributed by atoms with Crippen molar-refractivity contribution in [3.8, 4) is 11.5 Å². The van der Waals surface area contributed by atoms with Gasteiger partial charge in [-0.3, -0.25) is 4.79 Å². The summed E-state index contributed by atoms with van der Waals surface area (Å²) in [4.78, 5) is 12.3. The Bertz CT molecular complexity index is 484. The van der Waals surface area contributed by atoms with Crippen molar-refractivity contribution in [2.24, 2.45) is 5.92 Å². The number of methoxy groups -OCH3 is 2. The highest BCUT2D eigenvalue weighted by molar-refractivity contribution is 5.79. The Morgan fingerprint density at radius 3 is 2.71 bits per heavy atom. The molecule has 1 amide bonds. The van der Waals surface area contributed by atoms with Gasteiger partial charge in [0.25, 0.3) is 0 Å². The van der Waals surface area contributed by atoms with Crippen LogP contribution in [0.1, 0.15) is 31.4 Å². The molecule has 21 heavy (non-hydrogen) atoms. The summed E-state index contributed by atoms with van der Waals surface area (Å²) in [6.07, 6.45) is 2.01. The van der Waals surface area contributed by atoms with Crippen molar-refractivity contribution in [3.05, 3.63) is 23.8 Å². The predicted molar refractivity (Wildman–Crippen MR) is 81.7 cm³/mol. The van der Waals surface area contributed by atoms with Gasteiger partial charge in [-0.25, -0.2) is 0 Å². The van der Waals surface area contributed by atoms with Crippen LogP contribution in [0.5, 0.6) is 11.5 Å². The Morgan fingerprint density at radius 2 is 2.10 bits per heavy atom. The van der Waals surface area contributed by atoms with E-state index in [9.17, 15) is 4.79 Å². The summed E-state index contributed by atoms with van der Waals surface area (Å²) < 4.78 is 10.5. The smallest absolute Gasteiger partial charge is 0.224 e. The molecule has 1 aromatic carbocycles. The minimum Gasteiger partial charge on any atom is -0.493 e. The second-order valence-corrected chi connectivity index (χ2v) is 5.39. The van der Waals surface area contributed by atoms with Crippen LogP contribution in [0.4, 0.5) is 0 Å². The number of benzene rings is 1. The van der Waals surface area contributed by atoms with E-state index in [2.05, 4.69) is 10.6 Å². The first-order valence-electron chi connectivity index (χ1n) is 7.38. The Balaban J connectivity index is 2.02. The maximum absolute atomic E-state index is 12.3. The number of ether oxygens (including phenoxy) is 2. The van der Waals surface area contributed by atoms with E-state index in [4.69, 9.17) is 9.47 Å². The number of carbonyl (C=O) groups is 1. The van der Waals surface area contributed by atoms with Crippen molar-refractivity contribution in [1.29, 1.82) is 0 Å². The summed E-state index contributed by atoms with van der Waals surface area (Å²) in [6.45, 7) is 3.76. The highest BCUT2D eigenvalue weighted by atomic mass is 16.5. The number of nitrogens with one attached hydrogen (secondary N) is 2. The van der Waals surface area contributed by atoms with Crippen molar-refractivity contribution in [2.75, 3.05) is 27.3 Å². The Labute approximate surface area is 126 Å². The van der Waals surface area contributed by atoms with Crippen LogP contribution in [0.2, 0.25) is 0 Å². The van der Waals surface area contributed by atoms with E-state index in [0.717, 1.165) is 31.5 Å². The van der Waals surface area contributed by atoms with Crippen molar-refractivity contribution < 1.29 is 14.3 Å². The van der Waals surface area contributed by atoms with Gasteiger partial charge in [0.05, 0.1) is 26.2 Å². The lowest BCUT2D eigenvalue weighted by molar-refractivity contribution is -0.126. The van der Waals surface area contributed by atoms with Crippen LogP contribution in [0, 0.1) is 5.92 Å². The lowest BCUT2D eigenvalue weighted by atomic mass is 9.98. The first-order valence-corrected chi connectivity index (χ1v) is 7.38. The fraction of sp³-hybridized carbons (Fsp3) is 0.562. The van der Waals surface area contributed by atoms with Crippen LogP contribution < -0.4 is 20.1 Å². The first kappa shape index (κ1) is 15.6. The van der Waals surface area contributed by atoms with Crippen molar-refractivity contribution >= 4 is 5.91 Å². The number of hydrogen-bond donors (Lipinski definition) is 2. The maximum atomic E-state index is 12.3. The fourth-order valence-electron chi connectivity index (χ4n) is 2.61. The molecule has 2 atom stereocenters. The third-order valence-corrected chi connectivity index (χ3v) is 3.93. The van der Waals surface area contributed by atoms with Crippen molar-refractivity contribution in [2.45, 2.75) is 25.8 Å². The van der Waals surface area contributed by atoms with Crippen LogP contribution >= 0.6 is 0 Å². The quantitative estimate of drug-likeness (QED) is 0.870. The van der Waals surface area contributed by atoms with Crippen LogP contribution in [-0.2, 0) is 4.79 Å². The third kappa shape index (κ3) is 3.88. The molecule has 2 N–H and O–H groups in total. The van der Waals surface area contributed by atoms with Gasteiger partial charge in [0.15, 0.2) is 11.5 Å². The number of rotatable bonds is 5. The molecule has 1 aliphatic heterocycles. The molecule has 1 aromatic rings. The second-order valence-electron chi connectivity index (χ2n) is 5.39. The van der Waals surface area contributed by atoms with Gasteiger partial charge in [0.2, 0.25) is 5.91 Å². The second kappa shape index (κ2) is 7.31. The average molecular weight is 292 g/mol. The molecule has 5 nitrogen and oxygen atoms in total. The highest BCUT2D eigenvalue weighted by Gasteiger charge is 2.22. The summed E-state index contributed by atoms with van der Waals surface area (Å²) in [7, 11) is 3.22. The van der Waals surface area contributed by atoms with E-state index in [1.165, 1.54) is 0 Å². The number of carbonyl (C=O) groups excluding carboxylic acids is 1. The molecule has 0 radical (unpaired) electrons. The van der Waals surface area contributed by atoms with Gasteiger partial charge >= 0.3 is 0 Å². The van der Waals surface area contributed by atoms with Crippen LogP contribution in [0.15, 0.2) is 18.2 Å². The van der Waals surface area contributed by atoms with E-state index in [1.807, 2.05) is 25.1 Å². The lowest BCUT2D eigenvalue weighted by Gasteiger charge is -2.24. The molecule has 2 unspecified atom stereocenters. The molecule has 0 saturated carbocycles. The Morgan fingerprint density at radius 1 is 1.33 bits per heavy atom. The highest BCUT2D eigenvalue weighted by Crippen LogP contribution is 2.30. The first-order chi connectivity index (χ1) is 10.2. The zero-order valence-electron chi connectivity index (χ0n) is 12.9. The molecule has 1 aliphatic rings. The molecule has 0 spiro atoms. The van der Waals surface area contributed by atoms with Crippen LogP contribution in [0.3, 0.4) is 0 Å². The van der Waals surface area contributed by atoms with Gasteiger partial charge in [-0.2, -0.15) is 0 Å². The van der Waals surface area contributed by atoms with Gasteiger partial charge in [-0.05, 0) is 44.0 Å². The average Bonchev–Trinajstić information content (AvgIpc) is 2.54. The summed E-state index contributed by atoms with van der Waals surface area (Å²) in [5, 5.41) is 6.34. The van der Waals surface area contributed by atoms with E-state index in [1.54, 1.807) is 14.2 Å². The summed E-state index contributed by atoms with van der Waals surface area (Å²) in [5.41, 5.74) is 1.00. The molecule has 1 heterocycles. The normalized spacial score (nSPS) is 19.7. The van der Waals surface area contributed by atoms with Gasteiger partial charge in [-0.1, -0.05) is 6.07 Å². The topological polar surface area (TPSA) is 59.6 Å². The molecule has 1 fully saturated rings. The molecular weight excluding hydrogens is 268 g/mol. The molecule has 2 rings (SSSR count). The van der Waals surface area contributed by atoms with Gasteiger partial charge in [0.1, 0.15) is 0 Å². The molecule has 116 valence electrons. The molecule has 0 aliphatic carbocycles. The minimum atomic E-state index is -0.0563. The molecule has 5 heteroatoms. The lowest BCUT2D eigenvalue weighted by Crippen LogP contribution is -2.41. The van der Waals surface area contributed by atoms with E-state index in [-0.39, 0.29) is 17.9 Å². The maximum Gasteiger partial charge on any atom is 0.224 e. The zero-order valence-corrected chi connectivity index (χ0v) is 12.9.